The Labute approximate surface area is 152 Å². The van der Waals surface area contributed by atoms with Gasteiger partial charge >= 0.3 is 0 Å². The van der Waals surface area contributed by atoms with Crippen LogP contribution in [0.1, 0.15) is 77.4 Å². The molecule has 3 aliphatic rings. The number of halogens is 2. The molecule has 5 heteroatoms. The molecule has 0 radical (unpaired) electrons. The minimum absolute atomic E-state index is 0.0594. The van der Waals surface area contributed by atoms with Crippen LogP contribution in [-0.4, -0.2) is 24.3 Å². The van der Waals surface area contributed by atoms with E-state index in [1.165, 1.54) is 29.7 Å². The van der Waals surface area contributed by atoms with Gasteiger partial charge in [0, 0.05) is 36.1 Å². The predicted molar refractivity (Wildman–Crippen MR) is 96.8 cm³/mol. The number of thiophene rings is 1. The van der Waals surface area contributed by atoms with E-state index in [1.807, 2.05) is 0 Å². The third-order valence-corrected chi connectivity index (χ3v) is 7.20. The molecule has 1 heterocycles. The summed E-state index contributed by atoms with van der Waals surface area (Å²) in [7, 11) is 0. The Bertz CT molecular complexity index is 642. The molecule has 2 atom stereocenters. The number of aryl methyl sites for hydroxylation is 1. The number of ketones is 1. The highest BCUT2D eigenvalue weighted by atomic mass is 32.1. The van der Waals surface area contributed by atoms with Crippen molar-refractivity contribution in [2.24, 2.45) is 11.8 Å². The lowest BCUT2D eigenvalue weighted by molar-refractivity contribution is -0.0458. The number of hydrogen-bond acceptors (Lipinski definition) is 3. The van der Waals surface area contributed by atoms with Crippen LogP contribution in [0.4, 0.5) is 8.78 Å². The second kappa shape index (κ2) is 6.73. The Morgan fingerprint density at radius 2 is 1.96 bits per heavy atom. The lowest BCUT2D eigenvalue weighted by Crippen LogP contribution is -2.25. The molecule has 0 bridgehead atoms. The molecule has 25 heavy (non-hydrogen) atoms. The zero-order valence-electron chi connectivity index (χ0n) is 14.8. The molecule has 2 nitrogen and oxygen atoms in total. The summed E-state index contributed by atoms with van der Waals surface area (Å²) < 4.78 is 26.5. The number of nitrogens with one attached hydrogen (secondary N) is 1. The molecule has 0 spiro atoms. The van der Waals surface area contributed by atoms with Crippen molar-refractivity contribution in [1.82, 2.24) is 5.32 Å². The molecule has 3 aliphatic carbocycles. The first-order valence-corrected chi connectivity index (χ1v) is 10.5. The molecule has 1 aromatic rings. The van der Waals surface area contributed by atoms with Gasteiger partial charge < -0.3 is 5.32 Å². The number of carbonyl (C=O) groups excluding carboxylic acids is 1. The van der Waals surface area contributed by atoms with Crippen molar-refractivity contribution >= 4 is 17.1 Å². The van der Waals surface area contributed by atoms with Crippen molar-refractivity contribution in [3.63, 3.8) is 0 Å². The summed E-state index contributed by atoms with van der Waals surface area (Å²) in [4.78, 5) is 14.7. The summed E-state index contributed by atoms with van der Waals surface area (Å²) >= 11 is 1.59. The van der Waals surface area contributed by atoms with Gasteiger partial charge in [-0.15, -0.1) is 11.3 Å². The largest absolute Gasteiger partial charge is 0.313 e. The van der Waals surface area contributed by atoms with Gasteiger partial charge in [0.25, 0.3) is 0 Å². The van der Waals surface area contributed by atoms with Crippen molar-refractivity contribution in [2.45, 2.75) is 76.2 Å². The van der Waals surface area contributed by atoms with E-state index in [2.05, 4.69) is 18.3 Å². The first kappa shape index (κ1) is 17.6. The van der Waals surface area contributed by atoms with Gasteiger partial charge in [0.2, 0.25) is 5.92 Å². The molecule has 138 valence electrons. The van der Waals surface area contributed by atoms with Gasteiger partial charge in [0.05, 0.1) is 4.88 Å². The quantitative estimate of drug-likeness (QED) is 0.662. The third-order valence-electron chi connectivity index (χ3n) is 6.10. The van der Waals surface area contributed by atoms with Crippen LogP contribution in [0.2, 0.25) is 0 Å². The average Bonchev–Trinajstić information content (AvgIpc) is 3.47. The van der Waals surface area contributed by atoms with Gasteiger partial charge in [-0.2, -0.15) is 0 Å². The molecule has 0 saturated heterocycles. The maximum Gasteiger partial charge on any atom is 0.248 e. The highest BCUT2D eigenvalue weighted by molar-refractivity contribution is 7.14. The van der Waals surface area contributed by atoms with E-state index in [4.69, 9.17) is 0 Å². The van der Waals surface area contributed by atoms with Crippen LogP contribution >= 0.6 is 11.3 Å². The van der Waals surface area contributed by atoms with Crippen LogP contribution in [0, 0.1) is 18.8 Å². The van der Waals surface area contributed by atoms with E-state index in [0.29, 0.717) is 31.2 Å². The van der Waals surface area contributed by atoms with Crippen LogP contribution in [-0.2, 0) is 0 Å². The second-order valence-electron chi connectivity index (χ2n) is 8.35. The molecule has 0 aliphatic heterocycles. The van der Waals surface area contributed by atoms with E-state index in [1.54, 1.807) is 11.3 Å². The zero-order valence-corrected chi connectivity index (χ0v) is 15.6. The standard InChI is InChI=1S/C20H27F2NOS/c1-12-15(16-9-17(16)23-11-14-2-3-14)10-19(25-12)18(24)8-13-4-6-20(21,22)7-5-13/h10,13-14,16-17,23H,2-9,11H2,1H3. The molecule has 1 N–H and O–H groups in total. The van der Waals surface area contributed by atoms with Gasteiger partial charge in [-0.3, -0.25) is 4.79 Å². The highest BCUT2D eigenvalue weighted by Gasteiger charge is 2.41. The summed E-state index contributed by atoms with van der Waals surface area (Å²) in [6.45, 7) is 3.25. The van der Waals surface area contributed by atoms with E-state index >= 15 is 0 Å². The van der Waals surface area contributed by atoms with E-state index in [0.717, 1.165) is 17.3 Å². The molecular formula is C20H27F2NOS. The number of Topliss-reactive ketones (excluding diaryl/α,β-unsaturated/α-hetero) is 1. The Morgan fingerprint density at radius 1 is 1.24 bits per heavy atom. The Morgan fingerprint density at radius 3 is 2.64 bits per heavy atom. The third kappa shape index (κ3) is 4.30. The van der Waals surface area contributed by atoms with E-state index in [-0.39, 0.29) is 24.5 Å². The SMILES string of the molecule is Cc1sc(C(=O)CC2CCC(F)(F)CC2)cc1C1CC1NCC1CC1. The number of hydrogen-bond donors (Lipinski definition) is 1. The molecular weight excluding hydrogens is 340 g/mol. The van der Waals surface area contributed by atoms with Gasteiger partial charge in [0.15, 0.2) is 5.78 Å². The minimum Gasteiger partial charge on any atom is -0.313 e. The number of rotatable bonds is 7. The summed E-state index contributed by atoms with van der Waals surface area (Å²) in [5, 5.41) is 3.65. The van der Waals surface area contributed by atoms with E-state index < -0.39 is 5.92 Å². The lowest BCUT2D eigenvalue weighted by atomic mass is 9.83. The average molecular weight is 368 g/mol. The first-order chi connectivity index (χ1) is 11.9. The first-order valence-electron chi connectivity index (χ1n) is 9.66. The molecule has 1 aromatic heterocycles. The van der Waals surface area contributed by atoms with Crippen molar-refractivity contribution in [1.29, 1.82) is 0 Å². The van der Waals surface area contributed by atoms with Crippen molar-refractivity contribution in [3.8, 4) is 0 Å². The summed E-state index contributed by atoms with van der Waals surface area (Å²) in [5.41, 5.74) is 1.33. The van der Waals surface area contributed by atoms with Crippen LogP contribution in [0.25, 0.3) is 0 Å². The van der Waals surface area contributed by atoms with Gasteiger partial charge in [-0.1, -0.05) is 0 Å². The smallest absolute Gasteiger partial charge is 0.248 e. The van der Waals surface area contributed by atoms with Crippen molar-refractivity contribution in [3.05, 3.63) is 21.4 Å². The summed E-state index contributed by atoms with van der Waals surface area (Å²) in [6, 6.07) is 2.67. The van der Waals surface area contributed by atoms with E-state index in [9.17, 15) is 13.6 Å². The monoisotopic (exact) mass is 367 g/mol. The lowest BCUT2D eigenvalue weighted by Gasteiger charge is -2.27. The molecule has 0 aromatic carbocycles. The number of alkyl halides is 2. The van der Waals surface area contributed by atoms with Crippen LogP contribution in [0.3, 0.4) is 0 Å². The fourth-order valence-electron chi connectivity index (χ4n) is 4.07. The maximum atomic E-state index is 13.3. The van der Waals surface area contributed by atoms with Gasteiger partial charge in [0.1, 0.15) is 0 Å². The Hall–Kier alpha value is -0.810. The highest BCUT2D eigenvalue weighted by Crippen LogP contribution is 2.45. The van der Waals surface area contributed by atoms with Gasteiger partial charge in [-0.05, 0) is 69.0 Å². The topological polar surface area (TPSA) is 29.1 Å². The normalized spacial score (nSPS) is 28.9. The maximum absolute atomic E-state index is 13.3. The zero-order chi connectivity index (χ0) is 17.6. The Kier molecular flexibility index (Phi) is 4.74. The fourth-order valence-corrected chi connectivity index (χ4v) is 5.11. The predicted octanol–water partition coefficient (Wildman–Crippen LogP) is 5.31. The van der Waals surface area contributed by atoms with Crippen molar-refractivity contribution in [2.75, 3.05) is 6.54 Å². The molecule has 0 amide bonds. The number of carbonyl (C=O) groups is 1. The molecule has 4 rings (SSSR count). The molecule has 3 saturated carbocycles. The van der Waals surface area contributed by atoms with Gasteiger partial charge in [-0.25, -0.2) is 8.78 Å². The van der Waals surface area contributed by atoms with Crippen LogP contribution in [0.5, 0.6) is 0 Å². The summed E-state index contributed by atoms with van der Waals surface area (Å²) in [6.07, 6.45) is 5.18. The fraction of sp³-hybridized carbons (Fsp3) is 0.750. The summed E-state index contributed by atoms with van der Waals surface area (Å²) in [5.74, 6) is -0.778. The van der Waals surface area contributed by atoms with Crippen molar-refractivity contribution < 1.29 is 13.6 Å². The minimum atomic E-state index is -2.51. The Balaban J connectivity index is 1.31. The van der Waals surface area contributed by atoms with Crippen LogP contribution < -0.4 is 5.32 Å². The molecule has 2 unspecified atom stereocenters. The van der Waals surface area contributed by atoms with Crippen LogP contribution in [0.15, 0.2) is 6.07 Å². The second-order valence-corrected chi connectivity index (χ2v) is 9.61. The molecule has 3 fully saturated rings.